The number of rotatable bonds is 7. The molecule has 1 heteroatoms. The lowest BCUT2D eigenvalue weighted by Gasteiger charge is -2.28. The maximum atomic E-state index is 9.68. The Bertz CT molecular complexity index is 3770. The minimum absolute atomic E-state index is 0.0165. The molecule has 1 aliphatic carbocycles. The summed E-state index contributed by atoms with van der Waals surface area (Å²) in [5.41, 5.74) is 1.81. The molecule has 0 saturated carbocycles. The van der Waals surface area contributed by atoms with E-state index in [-0.39, 0.29) is 11.3 Å². The highest BCUT2D eigenvalue weighted by molar-refractivity contribution is 5.89. The van der Waals surface area contributed by atoms with Gasteiger partial charge in [-0.15, -0.1) is 0 Å². The monoisotopic (exact) mass is 732 g/mol. The number of anilines is 3. The molecule has 0 aromatic heterocycles. The van der Waals surface area contributed by atoms with Gasteiger partial charge in [0.25, 0.3) is 0 Å². The number of fused-ring (bicyclic) bond motifs is 4. The van der Waals surface area contributed by atoms with E-state index >= 15 is 0 Å². The van der Waals surface area contributed by atoms with Gasteiger partial charge < -0.3 is 4.90 Å². The molecule has 0 N–H and O–H groups in total. The summed E-state index contributed by atoms with van der Waals surface area (Å²) < 4.78 is 154. The standard InChI is InChI=1S/C55H41N/c1-55(2)53-18-9-8-17-51(53)52-34-33-50(37-54(52)55)56(48-29-25-42(26-30-48)41-21-19-40(20-22-41)38-11-4-3-5-12-38)49-31-27-43(28-32-49)45-15-10-16-46(35-45)47-24-23-39-13-6-7-14-44(39)36-47/h3-37H,1-2H3/i3D,4D,5D,11D,12D,19D,20D,21D,22D,25D,26D,27D,28D,29D,30D,31D,32D. The van der Waals surface area contributed by atoms with Crippen molar-refractivity contribution in [2.24, 2.45) is 0 Å². The number of benzene rings is 9. The quantitative estimate of drug-likeness (QED) is 0.158. The summed E-state index contributed by atoms with van der Waals surface area (Å²) in [6.45, 7) is 4.04. The molecule has 0 heterocycles. The Kier molecular flexibility index (Phi) is 4.92. The molecular formula is C55H41N. The van der Waals surface area contributed by atoms with Crippen molar-refractivity contribution in [2.75, 3.05) is 4.90 Å². The van der Waals surface area contributed by atoms with Crippen molar-refractivity contribution in [1.82, 2.24) is 0 Å². The first-order valence-corrected chi connectivity index (χ1v) is 18.1. The van der Waals surface area contributed by atoms with Gasteiger partial charge in [-0.2, -0.15) is 0 Å². The predicted octanol–water partition coefficient (Wildman–Crippen LogP) is 15.3. The average molecular weight is 733 g/mol. The van der Waals surface area contributed by atoms with Crippen LogP contribution in [0.1, 0.15) is 48.3 Å². The lowest BCUT2D eigenvalue weighted by atomic mass is 9.82. The lowest BCUT2D eigenvalue weighted by Crippen LogP contribution is -2.16. The normalized spacial score (nSPS) is 16.9. The zero-order valence-electron chi connectivity index (χ0n) is 47.3. The van der Waals surface area contributed by atoms with Crippen molar-refractivity contribution in [1.29, 1.82) is 0 Å². The van der Waals surface area contributed by atoms with E-state index < -0.39 is 142 Å². The van der Waals surface area contributed by atoms with Crippen LogP contribution in [0.25, 0.3) is 66.4 Å². The maximum absolute atomic E-state index is 9.68. The molecule has 0 unspecified atom stereocenters. The molecule has 266 valence electrons. The zero-order valence-corrected chi connectivity index (χ0v) is 30.3. The van der Waals surface area contributed by atoms with E-state index in [9.17, 15) is 11.0 Å². The Morgan fingerprint density at radius 3 is 1.55 bits per heavy atom. The molecule has 0 aliphatic heterocycles. The first-order chi connectivity index (χ1) is 34.6. The van der Waals surface area contributed by atoms with E-state index in [1.807, 2.05) is 92.7 Å². The maximum Gasteiger partial charge on any atom is 0.0645 e. The van der Waals surface area contributed by atoms with Gasteiger partial charge in [-0.3, -0.25) is 0 Å². The van der Waals surface area contributed by atoms with Crippen molar-refractivity contribution >= 4 is 27.8 Å². The molecule has 0 fully saturated rings. The Labute approximate surface area is 353 Å². The fraction of sp³-hybridized carbons (Fsp3) is 0.0545. The largest absolute Gasteiger partial charge is 0.310 e. The van der Waals surface area contributed by atoms with Gasteiger partial charge in [0, 0.05) is 22.5 Å². The van der Waals surface area contributed by atoms with Crippen molar-refractivity contribution in [3.8, 4) is 55.6 Å². The molecule has 1 aliphatic rings. The Hall–Kier alpha value is -6.96. The van der Waals surface area contributed by atoms with Crippen LogP contribution in [-0.4, -0.2) is 0 Å². The molecule has 9 aromatic carbocycles. The second kappa shape index (κ2) is 13.7. The summed E-state index contributed by atoms with van der Waals surface area (Å²) in [6, 6.07) is 21.6. The minimum atomic E-state index is -0.867. The summed E-state index contributed by atoms with van der Waals surface area (Å²) in [5.74, 6) is 0. The van der Waals surface area contributed by atoms with E-state index in [2.05, 4.69) is 0 Å². The highest BCUT2D eigenvalue weighted by Crippen LogP contribution is 2.50. The molecule has 0 radical (unpaired) electrons. The third-order valence-corrected chi connectivity index (χ3v) is 10.4. The average Bonchev–Trinajstić information content (AvgIpc) is 3.62. The van der Waals surface area contributed by atoms with Crippen LogP contribution < -0.4 is 4.90 Å². The fourth-order valence-electron chi connectivity index (χ4n) is 7.47. The van der Waals surface area contributed by atoms with Gasteiger partial charge in [-0.25, -0.2) is 0 Å². The first-order valence-electron chi connectivity index (χ1n) is 26.6. The zero-order chi connectivity index (χ0) is 52.4. The summed E-state index contributed by atoms with van der Waals surface area (Å²) in [4.78, 5) is 1.18. The van der Waals surface area contributed by atoms with Crippen LogP contribution in [0.3, 0.4) is 0 Å². The molecule has 0 bridgehead atoms. The fourth-order valence-corrected chi connectivity index (χ4v) is 7.47. The van der Waals surface area contributed by atoms with Crippen molar-refractivity contribution in [3.63, 3.8) is 0 Å². The Balaban J connectivity index is 1.20. The predicted molar refractivity (Wildman–Crippen MR) is 238 cm³/mol. The van der Waals surface area contributed by atoms with Crippen LogP contribution in [0.5, 0.6) is 0 Å². The van der Waals surface area contributed by atoms with Crippen molar-refractivity contribution in [2.45, 2.75) is 19.3 Å². The van der Waals surface area contributed by atoms with Crippen LogP contribution in [0.15, 0.2) is 212 Å². The summed E-state index contributed by atoms with van der Waals surface area (Å²) in [6.07, 6.45) is 0. The van der Waals surface area contributed by atoms with Gasteiger partial charge in [0.15, 0.2) is 0 Å². The van der Waals surface area contributed by atoms with Gasteiger partial charge in [0.1, 0.15) is 0 Å². The van der Waals surface area contributed by atoms with Gasteiger partial charge >= 0.3 is 0 Å². The van der Waals surface area contributed by atoms with Crippen LogP contribution in [-0.2, 0) is 5.41 Å². The third-order valence-electron chi connectivity index (χ3n) is 10.4. The molecule has 0 spiro atoms. The summed E-state index contributed by atoms with van der Waals surface area (Å²) in [7, 11) is 0. The molecule has 9 aromatic rings. The van der Waals surface area contributed by atoms with Gasteiger partial charge in [0.2, 0.25) is 0 Å². The van der Waals surface area contributed by atoms with Crippen LogP contribution in [0.2, 0.25) is 0 Å². The number of hydrogen-bond acceptors (Lipinski definition) is 1. The van der Waals surface area contributed by atoms with Crippen LogP contribution in [0.4, 0.5) is 17.1 Å². The van der Waals surface area contributed by atoms with Gasteiger partial charge in [-0.1, -0.05) is 177 Å². The Morgan fingerprint density at radius 1 is 0.357 bits per heavy atom. The van der Waals surface area contributed by atoms with Gasteiger partial charge in [0.05, 0.1) is 23.3 Å². The van der Waals surface area contributed by atoms with Gasteiger partial charge in [-0.05, 0) is 126 Å². The second-order valence-corrected chi connectivity index (χ2v) is 14.1. The first kappa shape index (κ1) is 20.1. The molecule has 10 rings (SSSR count). The molecule has 56 heavy (non-hydrogen) atoms. The van der Waals surface area contributed by atoms with E-state index in [1.54, 1.807) is 30.3 Å². The third kappa shape index (κ3) is 5.99. The number of nitrogens with zero attached hydrogens (tertiary/aromatic N) is 1. The van der Waals surface area contributed by atoms with Crippen LogP contribution >= 0.6 is 0 Å². The minimum Gasteiger partial charge on any atom is -0.310 e. The highest BCUT2D eigenvalue weighted by atomic mass is 15.1. The topological polar surface area (TPSA) is 3.24 Å². The molecule has 1 nitrogen and oxygen atoms in total. The molecule has 0 atom stereocenters. The second-order valence-electron chi connectivity index (χ2n) is 14.1. The molecular weight excluding hydrogens is 675 g/mol. The van der Waals surface area contributed by atoms with E-state index in [4.69, 9.17) is 12.3 Å². The van der Waals surface area contributed by atoms with E-state index in [0.29, 0.717) is 5.56 Å². The summed E-state index contributed by atoms with van der Waals surface area (Å²) >= 11 is 0. The summed E-state index contributed by atoms with van der Waals surface area (Å²) in [5, 5.41) is 2.05. The molecule has 0 amide bonds. The smallest absolute Gasteiger partial charge is 0.0645 e. The lowest BCUT2D eigenvalue weighted by molar-refractivity contribution is 0.660. The SMILES string of the molecule is [2H]c1c([2H])c([2H])c(-c2c([2H])c([2H])c(-c3c([2H])c([2H])c(N(c4ccc5c(c4)C(C)(C)c4ccccc4-5)c4c([2H])c([2H])c(-c5cccc(-c6ccc7ccccc7c6)c5)c([2H])c4[2H])c([2H])c3[2H])c([2H])c2[2H])c([2H])c1[2H]. The number of hydrogen-bond donors (Lipinski definition) is 0. The molecule has 0 saturated heterocycles. The van der Waals surface area contributed by atoms with Crippen molar-refractivity contribution in [3.05, 3.63) is 223 Å². The van der Waals surface area contributed by atoms with E-state index in [1.165, 1.54) is 4.90 Å². The van der Waals surface area contributed by atoms with Crippen molar-refractivity contribution < 1.29 is 23.3 Å². The highest BCUT2D eigenvalue weighted by Gasteiger charge is 2.35. The Morgan fingerprint density at radius 2 is 0.875 bits per heavy atom. The van der Waals surface area contributed by atoms with E-state index in [0.717, 1.165) is 44.2 Å². The van der Waals surface area contributed by atoms with Crippen LogP contribution in [0, 0.1) is 0 Å².